The fourth-order valence-corrected chi connectivity index (χ4v) is 4.59. The molecule has 1 aliphatic rings. The number of anilines is 1. The van der Waals surface area contributed by atoms with Crippen molar-refractivity contribution in [3.05, 3.63) is 53.3 Å². The zero-order chi connectivity index (χ0) is 24.2. The molecule has 0 unspecified atom stereocenters. The molecule has 10 heteroatoms. The summed E-state index contributed by atoms with van der Waals surface area (Å²) < 4.78 is 61.4. The van der Waals surface area contributed by atoms with Crippen molar-refractivity contribution >= 4 is 23.5 Å². The van der Waals surface area contributed by atoms with Gasteiger partial charge in [0.25, 0.3) is 5.91 Å². The van der Waals surface area contributed by atoms with Crippen LogP contribution in [0.25, 0.3) is 0 Å². The Morgan fingerprint density at radius 3 is 2.30 bits per heavy atom. The highest BCUT2D eigenvalue weighted by Gasteiger charge is 2.37. The molecule has 1 saturated heterocycles. The first-order valence-electron chi connectivity index (χ1n) is 10.7. The highest BCUT2D eigenvalue weighted by molar-refractivity contribution is 7.97. The minimum absolute atomic E-state index is 0.212. The van der Waals surface area contributed by atoms with Crippen molar-refractivity contribution < 1.29 is 27.1 Å². The third kappa shape index (κ3) is 5.92. The second-order valence-corrected chi connectivity index (χ2v) is 8.68. The fourth-order valence-electron chi connectivity index (χ4n) is 3.74. The van der Waals surface area contributed by atoms with E-state index < -0.39 is 29.0 Å². The number of amides is 1. The van der Waals surface area contributed by atoms with Gasteiger partial charge in [-0.1, -0.05) is 13.8 Å². The summed E-state index contributed by atoms with van der Waals surface area (Å²) in [5.74, 6) is -1.01. The number of hydrogen-bond donors (Lipinski definition) is 0. The summed E-state index contributed by atoms with van der Waals surface area (Å²) in [5.41, 5.74) is -0.922. The van der Waals surface area contributed by atoms with Crippen LogP contribution >= 0.6 is 11.9 Å². The largest absolute Gasteiger partial charge is 0.495 e. The lowest BCUT2D eigenvalue weighted by Crippen LogP contribution is -2.49. The van der Waals surface area contributed by atoms with Gasteiger partial charge in [-0.25, -0.2) is 8.70 Å². The van der Waals surface area contributed by atoms with Crippen LogP contribution in [-0.4, -0.2) is 61.5 Å². The van der Waals surface area contributed by atoms with E-state index in [-0.39, 0.29) is 13.1 Å². The molecule has 0 bridgehead atoms. The van der Waals surface area contributed by atoms with Crippen molar-refractivity contribution in [1.29, 1.82) is 0 Å². The van der Waals surface area contributed by atoms with Gasteiger partial charge in [-0.15, -0.1) is 0 Å². The molecule has 1 heterocycles. The van der Waals surface area contributed by atoms with Crippen LogP contribution in [-0.2, 0) is 6.18 Å². The maximum Gasteiger partial charge on any atom is 0.417 e. The molecule has 0 radical (unpaired) electrons. The average Bonchev–Trinajstić information content (AvgIpc) is 2.81. The SMILES string of the molecule is CCN(CC)Sc1ccc(OC)c(N2CCN(C(=O)c3cc(F)ccc3C(F)(F)F)CC2)c1. The minimum Gasteiger partial charge on any atom is -0.495 e. The van der Waals surface area contributed by atoms with Crippen LogP contribution in [0.2, 0.25) is 0 Å². The first kappa shape index (κ1) is 25.2. The van der Waals surface area contributed by atoms with Crippen LogP contribution < -0.4 is 9.64 Å². The average molecular weight is 486 g/mol. The van der Waals surface area contributed by atoms with Crippen LogP contribution in [0.5, 0.6) is 5.75 Å². The van der Waals surface area contributed by atoms with Crippen LogP contribution in [0.15, 0.2) is 41.3 Å². The molecule has 2 aromatic rings. The molecule has 1 amide bonds. The molecule has 0 N–H and O–H groups in total. The fraction of sp³-hybridized carbons (Fsp3) is 0.435. The zero-order valence-electron chi connectivity index (χ0n) is 18.8. The Hall–Kier alpha value is -2.46. The molecule has 0 atom stereocenters. The number of ether oxygens (including phenoxy) is 1. The molecule has 0 spiro atoms. The lowest BCUT2D eigenvalue weighted by atomic mass is 10.0. The molecule has 0 aliphatic carbocycles. The van der Waals surface area contributed by atoms with E-state index in [1.165, 1.54) is 4.90 Å². The van der Waals surface area contributed by atoms with Crippen molar-refractivity contribution in [3.63, 3.8) is 0 Å². The smallest absolute Gasteiger partial charge is 0.417 e. The summed E-state index contributed by atoms with van der Waals surface area (Å²) in [6, 6.07) is 7.88. The second-order valence-electron chi connectivity index (χ2n) is 7.51. The number of carbonyl (C=O) groups excluding carboxylic acids is 1. The van der Waals surface area contributed by atoms with Crippen molar-refractivity contribution in [2.24, 2.45) is 0 Å². The van der Waals surface area contributed by atoms with E-state index >= 15 is 0 Å². The maximum atomic E-state index is 13.6. The van der Waals surface area contributed by atoms with Crippen LogP contribution in [0.4, 0.5) is 23.2 Å². The number of halogens is 4. The maximum absolute atomic E-state index is 13.6. The molecule has 0 aromatic heterocycles. The van der Waals surface area contributed by atoms with E-state index in [0.717, 1.165) is 23.7 Å². The summed E-state index contributed by atoms with van der Waals surface area (Å²) >= 11 is 1.64. The van der Waals surface area contributed by atoms with Crippen molar-refractivity contribution in [2.75, 3.05) is 51.3 Å². The third-order valence-electron chi connectivity index (χ3n) is 5.52. The van der Waals surface area contributed by atoms with Gasteiger partial charge in [0.1, 0.15) is 11.6 Å². The number of methoxy groups -OCH3 is 1. The predicted octanol–water partition coefficient (Wildman–Crippen LogP) is 5.16. The normalized spacial score (nSPS) is 14.7. The number of hydrogen-bond acceptors (Lipinski definition) is 5. The monoisotopic (exact) mass is 485 g/mol. The molecular formula is C23H27F4N3O2S. The van der Waals surface area contributed by atoms with Gasteiger partial charge in [-0.2, -0.15) is 13.2 Å². The number of benzene rings is 2. The summed E-state index contributed by atoms with van der Waals surface area (Å²) in [6.45, 7) is 7.20. The molecule has 0 saturated carbocycles. The summed E-state index contributed by atoms with van der Waals surface area (Å²) in [6.07, 6.45) is -4.74. The molecular weight excluding hydrogens is 458 g/mol. The third-order valence-corrected chi connectivity index (χ3v) is 6.75. The number of nitrogens with zero attached hydrogens (tertiary/aromatic N) is 3. The van der Waals surface area contributed by atoms with Crippen LogP contribution in [0.3, 0.4) is 0 Å². The van der Waals surface area contributed by atoms with Gasteiger partial charge in [-0.3, -0.25) is 4.79 Å². The molecule has 33 heavy (non-hydrogen) atoms. The quantitative estimate of drug-likeness (QED) is 0.400. The van der Waals surface area contributed by atoms with Gasteiger partial charge in [-0.05, 0) is 48.3 Å². The number of rotatable bonds is 7. The van der Waals surface area contributed by atoms with Crippen molar-refractivity contribution in [1.82, 2.24) is 9.21 Å². The van der Waals surface area contributed by atoms with Crippen molar-refractivity contribution in [2.45, 2.75) is 24.9 Å². The van der Waals surface area contributed by atoms with Gasteiger partial charge in [0, 0.05) is 44.2 Å². The standard InChI is InChI=1S/C23H27F4N3O2S/c1-4-30(5-2)33-17-7-9-21(32-3)20(15-17)28-10-12-29(13-11-28)22(31)18-14-16(24)6-8-19(18)23(25,26)27/h6-9,14-15H,4-5,10-13H2,1-3H3. The van der Waals surface area contributed by atoms with E-state index in [1.807, 2.05) is 23.1 Å². The van der Waals surface area contributed by atoms with Gasteiger partial charge in [0.2, 0.25) is 0 Å². The van der Waals surface area contributed by atoms with Gasteiger partial charge in [0.05, 0.1) is 23.9 Å². The highest BCUT2D eigenvalue weighted by Crippen LogP contribution is 2.36. The van der Waals surface area contributed by atoms with Crippen LogP contribution in [0.1, 0.15) is 29.8 Å². The Bertz CT molecular complexity index is 975. The molecule has 180 valence electrons. The molecule has 5 nitrogen and oxygen atoms in total. The molecule has 1 fully saturated rings. The lowest BCUT2D eigenvalue weighted by molar-refractivity contribution is -0.138. The highest BCUT2D eigenvalue weighted by atomic mass is 32.2. The number of carbonyl (C=O) groups is 1. The zero-order valence-corrected chi connectivity index (χ0v) is 19.6. The summed E-state index contributed by atoms with van der Waals surface area (Å²) in [7, 11) is 1.58. The minimum atomic E-state index is -4.74. The van der Waals surface area contributed by atoms with E-state index in [0.29, 0.717) is 37.0 Å². The summed E-state index contributed by atoms with van der Waals surface area (Å²) in [5, 5.41) is 0. The Morgan fingerprint density at radius 2 is 1.73 bits per heavy atom. The lowest BCUT2D eigenvalue weighted by Gasteiger charge is -2.37. The second kappa shape index (κ2) is 10.6. The van der Waals surface area contributed by atoms with Crippen molar-refractivity contribution in [3.8, 4) is 5.75 Å². The van der Waals surface area contributed by atoms with Gasteiger partial charge in [0.15, 0.2) is 0 Å². The number of piperazine rings is 1. The molecule has 3 rings (SSSR count). The topological polar surface area (TPSA) is 36.0 Å². The first-order valence-corrected chi connectivity index (χ1v) is 11.5. The van der Waals surface area contributed by atoms with Gasteiger partial charge < -0.3 is 14.5 Å². The Morgan fingerprint density at radius 1 is 1.06 bits per heavy atom. The van der Waals surface area contributed by atoms with Gasteiger partial charge >= 0.3 is 6.18 Å². The Balaban J connectivity index is 1.76. The molecule has 2 aromatic carbocycles. The van der Waals surface area contributed by atoms with Crippen LogP contribution in [0, 0.1) is 5.82 Å². The summed E-state index contributed by atoms with van der Waals surface area (Å²) in [4.78, 5) is 17.3. The Labute approximate surface area is 195 Å². The molecule has 1 aliphatic heterocycles. The van der Waals surface area contributed by atoms with E-state index in [2.05, 4.69) is 18.2 Å². The Kier molecular flexibility index (Phi) is 8.12. The van der Waals surface area contributed by atoms with E-state index in [4.69, 9.17) is 4.74 Å². The van der Waals surface area contributed by atoms with E-state index in [9.17, 15) is 22.4 Å². The predicted molar refractivity (Wildman–Crippen MR) is 121 cm³/mol. The number of alkyl halides is 3. The first-order chi connectivity index (χ1) is 15.7. The van der Waals surface area contributed by atoms with E-state index in [1.54, 1.807) is 19.1 Å².